The van der Waals surface area contributed by atoms with Gasteiger partial charge in [-0.05, 0) is 31.9 Å². The van der Waals surface area contributed by atoms with Crippen LogP contribution in [0.5, 0.6) is 0 Å². The minimum atomic E-state index is -1.68. The predicted molar refractivity (Wildman–Crippen MR) is 95.5 cm³/mol. The van der Waals surface area contributed by atoms with Crippen LogP contribution in [0.15, 0.2) is 60.7 Å². The zero-order chi connectivity index (χ0) is 18.9. The first-order chi connectivity index (χ1) is 12.3. The van der Waals surface area contributed by atoms with Crippen LogP contribution in [0.4, 0.5) is 9.59 Å². The van der Waals surface area contributed by atoms with E-state index in [9.17, 15) is 14.4 Å². The Labute approximate surface area is 180 Å². The minimum absolute atomic E-state index is 0. The van der Waals surface area contributed by atoms with E-state index in [-0.39, 0.29) is 29.6 Å². The molecule has 2 aromatic rings. The SMILES string of the molecule is CC(C)(C)OC(=O)N1C(=O)[N-]C(=O)C1(c1ccccc1)c1ccccc1.[Na+]. The molecule has 1 fully saturated rings. The Kier molecular flexibility index (Phi) is 6.14. The summed E-state index contributed by atoms with van der Waals surface area (Å²) in [6.07, 6.45) is -0.912. The number of carbonyl (C=O) groups excluding carboxylic acids is 3. The molecule has 27 heavy (non-hydrogen) atoms. The van der Waals surface area contributed by atoms with Gasteiger partial charge in [0.25, 0.3) is 0 Å². The molecule has 4 amide bonds. The molecule has 0 bridgehead atoms. The van der Waals surface area contributed by atoms with Gasteiger partial charge in [-0.25, -0.2) is 0 Å². The van der Waals surface area contributed by atoms with E-state index < -0.39 is 29.2 Å². The van der Waals surface area contributed by atoms with Gasteiger partial charge in [-0.1, -0.05) is 60.7 Å². The van der Waals surface area contributed by atoms with Crippen LogP contribution in [0.2, 0.25) is 0 Å². The van der Waals surface area contributed by atoms with Crippen molar-refractivity contribution in [3.05, 3.63) is 77.1 Å². The molecule has 3 rings (SSSR count). The number of carbonyl (C=O) groups is 3. The molecule has 0 atom stereocenters. The van der Waals surface area contributed by atoms with Crippen molar-refractivity contribution in [2.45, 2.75) is 31.9 Å². The number of amides is 4. The van der Waals surface area contributed by atoms with Crippen LogP contribution in [-0.4, -0.2) is 28.5 Å². The molecule has 0 aromatic heterocycles. The van der Waals surface area contributed by atoms with Gasteiger partial charge in [0.2, 0.25) is 0 Å². The van der Waals surface area contributed by atoms with E-state index in [0.29, 0.717) is 11.1 Å². The number of rotatable bonds is 2. The van der Waals surface area contributed by atoms with Gasteiger partial charge in [-0.15, -0.1) is 0 Å². The first-order valence-corrected chi connectivity index (χ1v) is 8.21. The Morgan fingerprint density at radius 3 is 1.78 bits per heavy atom. The maximum absolute atomic E-state index is 13.0. The van der Waals surface area contributed by atoms with Gasteiger partial charge in [-0.2, -0.15) is 0 Å². The van der Waals surface area contributed by atoms with E-state index >= 15 is 0 Å². The van der Waals surface area contributed by atoms with E-state index in [1.165, 1.54) is 0 Å². The summed E-state index contributed by atoms with van der Waals surface area (Å²) in [4.78, 5) is 39.1. The summed E-state index contributed by atoms with van der Waals surface area (Å²) in [7, 11) is 0. The third-order valence-corrected chi connectivity index (χ3v) is 3.99. The van der Waals surface area contributed by atoms with Crippen LogP contribution >= 0.6 is 0 Å². The smallest absolute Gasteiger partial charge is 0.459 e. The second-order valence-electron chi connectivity index (χ2n) is 6.96. The Morgan fingerprint density at radius 2 is 1.37 bits per heavy atom. The van der Waals surface area contributed by atoms with Crippen molar-refractivity contribution >= 4 is 18.0 Å². The molecule has 1 heterocycles. The number of ether oxygens (including phenoxy) is 1. The fourth-order valence-electron chi connectivity index (χ4n) is 3.01. The van der Waals surface area contributed by atoms with Gasteiger partial charge in [0.15, 0.2) is 11.9 Å². The van der Waals surface area contributed by atoms with Crippen molar-refractivity contribution in [3.8, 4) is 0 Å². The van der Waals surface area contributed by atoms with Crippen molar-refractivity contribution in [3.63, 3.8) is 0 Å². The van der Waals surface area contributed by atoms with E-state index in [1.54, 1.807) is 81.4 Å². The molecule has 0 radical (unpaired) electrons. The van der Waals surface area contributed by atoms with Gasteiger partial charge >= 0.3 is 35.7 Å². The van der Waals surface area contributed by atoms with Crippen molar-refractivity contribution in [1.82, 2.24) is 4.90 Å². The number of urea groups is 1. The molecular formula is C20H19N2NaO4. The van der Waals surface area contributed by atoms with Crippen LogP contribution in [0.3, 0.4) is 0 Å². The average molecular weight is 374 g/mol. The summed E-state index contributed by atoms with van der Waals surface area (Å²) in [5.74, 6) is -0.717. The molecule has 0 N–H and O–H groups in total. The Morgan fingerprint density at radius 1 is 0.926 bits per heavy atom. The van der Waals surface area contributed by atoms with Crippen LogP contribution < -0.4 is 29.6 Å². The molecule has 7 heteroatoms. The Bertz CT molecular complexity index is 808. The maximum Gasteiger partial charge on any atom is 1.00 e. The summed E-state index contributed by atoms with van der Waals surface area (Å²) in [6, 6.07) is 16.4. The molecule has 0 aliphatic carbocycles. The van der Waals surface area contributed by atoms with Crippen LogP contribution in [0.1, 0.15) is 31.9 Å². The standard InChI is InChI=1S/C20H20N2O4.Na/c1-19(2,3)26-18(25)22-17(24)21-16(23)20(22,14-10-6-4-7-11-14)15-12-8-5-9-13-15;/h4-13H,1-3H3,(H,21,23,24);/q;+1/p-1. The quantitative estimate of drug-likeness (QED) is 0.585. The predicted octanol–water partition coefficient (Wildman–Crippen LogP) is 1.21. The largest absolute Gasteiger partial charge is 1.00 e. The maximum atomic E-state index is 13.0. The average Bonchev–Trinajstić information content (AvgIpc) is 2.86. The fourth-order valence-corrected chi connectivity index (χ4v) is 3.01. The zero-order valence-electron chi connectivity index (χ0n) is 15.8. The van der Waals surface area contributed by atoms with Gasteiger partial charge in [0, 0.05) is 0 Å². The summed E-state index contributed by atoms with van der Waals surface area (Å²) in [6.45, 7) is 5.07. The van der Waals surface area contributed by atoms with Gasteiger partial charge < -0.3 is 15.0 Å². The van der Waals surface area contributed by atoms with E-state index in [4.69, 9.17) is 4.74 Å². The van der Waals surface area contributed by atoms with Crippen LogP contribution in [0, 0.1) is 0 Å². The third-order valence-electron chi connectivity index (χ3n) is 3.99. The first kappa shape index (κ1) is 21.2. The zero-order valence-corrected chi connectivity index (χ0v) is 17.8. The van der Waals surface area contributed by atoms with Crippen molar-refractivity contribution in [2.75, 3.05) is 0 Å². The number of imide groups is 2. The molecule has 1 aliphatic heterocycles. The molecule has 0 spiro atoms. The Balaban J connectivity index is 0.00000261. The topological polar surface area (TPSA) is 77.8 Å². The van der Waals surface area contributed by atoms with Gasteiger partial charge in [0.05, 0.1) is 5.54 Å². The summed E-state index contributed by atoms with van der Waals surface area (Å²) in [5, 5.41) is 3.58. The first-order valence-electron chi connectivity index (χ1n) is 8.21. The molecule has 0 unspecified atom stereocenters. The summed E-state index contributed by atoms with van der Waals surface area (Å²) >= 11 is 0. The Hall–Kier alpha value is -2.15. The monoisotopic (exact) mass is 374 g/mol. The van der Waals surface area contributed by atoms with Crippen molar-refractivity contribution < 1.29 is 48.7 Å². The molecule has 2 aromatic carbocycles. The second-order valence-corrected chi connectivity index (χ2v) is 6.96. The summed E-state index contributed by atoms with van der Waals surface area (Å²) < 4.78 is 5.39. The molecule has 6 nitrogen and oxygen atoms in total. The number of nitrogens with zero attached hydrogens (tertiary/aromatic N) is 2. The van der Waals surface area contributed by atoms with Crippen LogP contribution in [0.25, 0.3) is 5.32 Å². The molecule has 1 aliphatic rings. The molecular weight excluding hydrogens is 355 g/mol. The van der Waals surface area contributed by atoms with Gasteiger partial charge in [-0.3, -0.25) is 14.4 Å². The third kappa shape index (κ3) is 3.78. The molecule has 1 saturated heterocycles. The van der Waals surface area contributed by atoms with Gasteiger partial charge in [0.1, 0.15) is 5.60 Å². The van der Waals surface area contributed by atoms with E-state index in [0.717, 1.165) is 4.90 Å². The second kappa shape index (κ2) is 7.84. The van der Waals surface area contributed by atoms with Crippen LogP contribution in [-0.2, 0) is 15.1 Å². The van der Waals surface area contributed by atoms with E-state index in [2.05, 4.69) is 5.32 Å². The number of hydrogen-bond acceptors (Lipinski definition) is 4. The normalized spacial score (nSPS) is 15.7. The molecule has 0 saturated carbocycles. The van der Waals surface area contributed by atoms with Crippen molar-refractivity contribution in [1.29, 1.82) is 0 Å². The number of benzene rings is 2. The molecule has 134 valence electrons. The fraction of sp³-hybridized carbons (Fsp3) is 0.250. The van der Waals surface area contributed by atoms with E-state index in [1.807, 2.05) is 0 Å². The van der Waals surface area contributed by atoms with Crippen molar-refractivity contribution in [2.24, 2.45) is 0 Å². The number of hydrogen-bond donors (Lipinski definition) is 0. The summed E-state index contributed by atoms with van der Waals surface area (Å²) in [5.41, 5.74) is -1.57. The minimum Gasteiger partial charge on any atom is -0.459 e.